The lowest BCUT2D eigenvalue weighted by Crippen LogP contribution is -1.91. The van der Waals surface area contributed by atoms with E-state index in [1.54, 1.807) is 0 Å². The predicted octanol–water partition coefficient (Wildman–Crippen LogP) is 13.5. The maximum atomic E-state index is 6.57. The first-order chi connectivity index (χ1) is 24.3. The summed E-state index contributed by atoms with van der Waals surface area (Å²) in [4.78, 5) is 0. The number of para-hydroxylation sites is 2. The first-order valence-electron chi connectivity index (χ1n) is 16.6. The zero-order valence-corrected chi connectivity index (χ0v) is 26.2. The monoisotopic (exact) mass is 626 g/mol. The van der Waals surface area contributed by atoms with Crippen LogP contribution in [0.1, 0.15) is 0 Å². The second kappa shape index (κ2) is 9.96. The third-order valence-electron chi connectivity index (χ3n) is 10.1. The molecule has 0 aliphatic heterocycles. The zero-order valence-electron chi connectivity index (χ0n) is 26.2. The summed E-state index contributed by atoms with van der Waals surface area (Å²) < 4.78 is 19.2. The number of hydrogen-bond acceptors (Lipinski definition) is 3. The van der Waals surface area contributed by atoms with Gasteiger partial charge >= 0.3 is 0 Å². The van der Waals surface area contributed by atoms with E-state index in [0.29, 0.717) is 0 Å². The first kappa shape index (κ1) is 26.5. The average molecular weight is 627 g/mol. The fraction of sp³-hybridized carbons (Fsp3) is 0. The SMILES string of the molecule is c1ccc(-c2coc3cc4c(cc23)oc2ccc(-c3c5ccccc5c(-c5cccc6c5oc5ccccc56)c5ccccc35)cc24)cc1. The van der Waals surface area contributed by atoms with E-state index in [4.69, 9.17) is 13.3 Å². The van der Waals surface area contributed by atoms with Crippen LogP contribution in [0.15, 0.2) is 171 Å². The van der Waals surface area contributed by atoms with Crippen LogP contribution in [0.3, 0.4) is 0 Å². The maximum Gasteiger partial charge on any atom is 0.143 e. The Kier molecular flexibility index (Phi) is 5.38. The largest absolute Gasteiger partial charge is 0.464 e. The van der Waals surface area contributed by atoms with Crippen LogP contribution >= 0.6 is 0 Å². The zero-order chi connectivity index (χ0) is 32.1. The van der Waals surface area contributed by atoms with Gasteiger partial charge in [-0.2, -0.15) is 0 Å². The molecular weight excluding hydrogens is 601 g/mol. The van der Waals surface area contributed by atoms with Gasteiger partial charge < -0.3 is 13.3 Å². The molecule has 3 aromatic heterocycles. The third-order valence-corrected chi connectivity index (χ3v) is 10.1. The molecule has 0 atom stereocenters. The second-order valence-corrected chi connectivity index (χ2v) is 12.8. The van der Waals surface area contributed by atoms with Crippen molar-refractivity contribution in [3.05, 3.63) is 158 Å². The van der Waals surface area contributed by atoms with Crippen LogP contribution < -0.4 is 0 Å². The minimum Gasteiger partial charge on any atom is -0.464 e. The Morgan fingerprint density at radius 3 is 1.69 bits per heavy atom. The minimum atomic E-state index is 0.847. The van der Waals surface area contributed by atoms with Crippen molar-refractivity contribution in [2.45, 2.75) is 0 Å². The number of hydrogen-bond donors (Lipinski definition) is 0. The summed E-state index contributed by atoms with van der Waals surface area (Å²) >= 11 is 0. The maximum absolute atomic E-state index is 6.57. The minimum absolute atomic E-state index is 0.847. The molecule has 11 aromatic rings. The highest BCUT2D eigenvalue weighted by Crippen LogP contribution is 2.47. The highest BCUT2D eigenvalue weighted by molar-refractivity contribution is 6.25. The summed E-state index contributed by atoms with van der Waals surface area (Å²) in [6, 6.07) is 53.5. The molecule has 228 valence electrons. The van der Waals surface area contributed by atoms with Crippen LogP contribution in [0.25, 0.3) is 110 Å². The van der Waals surface area contributed by atoms with Gasteiger partial charge in [0.2, 0.25) is 0 Å². The Morgan fingerprint density at radius 1 is 0.306 bits per heavy atom. The highest BCUT2D eigenvalue weighted by atomic mass is 16.3. The van der Waals surface area contributed by atoms with Crippen molar-refractivity contribution < 1.29 is 13.3 Å². The van der Waals surface area contributed by atoms with E-state index in [9.17, 15) is 0 Å². The first-order valence-corrected chi connectivity index (χ1v) is 16.6. The van der Waals surface area contributed by atoms with Crippen molar-refractivity contribution in [1.29, 1.82) is 0 Å². The highest BCUT2D eigenvalue weighted by Gasteiger charge is 2.21. The normalized spacial score (nSPS) is 12.1. The lowest BCUT2D eigenvalue weighted by Gasteiger charge is -2.18. The number of rotatable bonds is 3. The van der Waals surface area contributed by atoms with Crippen molar-refractivity contribution >= 4 is 76.4 Å². The molecule has 11 rings (SSSR count). The van der Waals surface area contributed by atoms with E-state index in [1.165, 1.54) is 32.7 Å². The van der Waals surface area contributed by atoms with Gasteiger partial charge in [-0.25, -0.2) is 0 Å². The molecule has 0 saturated carbocycles. The molecule has 0 radical (unpaired) electrons. The standard InChI is InChI=1S/C46H26O3/c1-2-11-27(12-3-1)39-26-47-42-24-37-36-23-28(21-22-41(36)48-43(37)25-38(39)42)44-30-14-4-6-16-32(30)45(33-17-7-5-15-31(33)44)35-19-10-18-34-29-13-8-9-20-40(29)49-46(34)35/h1-26H. The van der Waals surface area contributed by atoms with Gasteiger partial charge in [0.25, 0.3) is 0 Å². The summed E-state index contributed by atoms with van der Waals surface area (Å²) in [5.74, 6) is 0. The molecule has 3 heteroatoms. The van der Waals surface area contributed by atoms with Crippen molar-refractivity contribution in [3.63, 3.8) is 0 Å². The molecule has 0 aliphatic rings. The topological polar surface area (TPSA) is 39.4 Å². The van der Waals surface area contributed by atoms with Crippen molar-refractivity contribution in [3.8, 4) is 33.4 Å². The van der Waals surface area contributed by atoms with Gasteiger partial charge in [-0.15, -0.1) is 0 Å². The second-order valence-electron chi connectivity index (χ2n) is 12.8. The molecule has 8 aromatic carbocycles. The Bertz CT molecular complexity index is 3040. The fourth-order valence-corrected chi connectivity index (χ4v) is 7.97. The quantitative estimate of drug-likeness (QED) is 0.183. The molecule has 3 nitrogen and oxygen atoms in total. The Morgan fingerprint density at radius 2 is 0.918 bits per heavy atom. The molecular formula is C46H26O3. The molecule has 0 aliphatic carbocycles. The molecule has 0 N–H and O–H groups in total. The van der Waals surface area contributed by atoms with Gasteiger partial charge in [0, 0.05) is 43.6 Å². The van der Waals surface area contributed by atoms with E-state index < -0.39 is 0 Å². The van der Waals surface area contributed by atoms with Gasteiger partial charge in [-0.1, -0.05) is 121 Å². The average Bonchev–Trinajstić information content (AvgIpc) is 3.86. The van der Waals surface area contributed by atoms with Gasteiger partial charge in [-0.05, 0) is 68.6 Å². The lowest BCUT2D eigenvalue weighted by atomic mass is 9.85. The summed E-state index contributed by atoms with van der Waals surface area (Å²) in [6.07, 6.45) is 1.85. The number of fused-ring (bicyclic) bond motifs is 9. The van der Waals surface area contributed by atoms with Crippen LogP contribution in [0.2, 0.25) is 0 Å². The van der Waals surface area contributed by atoms with Gasteiger partial charge in [0.15, 0.2) is 0 Å². The van der Waals surface area contributed by atoms with E-state index in [1.807, 2.05) is 24.5 Å². The third kappa shape index (κ3) is 3.78. The lowest BCUT2D eigenvalue weighted by molar-refractivity contribution is 0.617. The van der Waals surface area contributed by atoms with E-state index >= 15 is 0 Å². The summed E-state index contributed by atoms with van der Waals surface area (Å²) in [7, 11) is 0. The molecule has 0 spiro atoms. The molecule has 0 bridgehead atoms. The Labute approximate surface area is 280 Å². The number of furan rings is 3. The van der Waals surface area contributed by atoms with Crippen LogP contribution in [0.4, 0.5) is 0 Å². The van der Waals surface area contributed by atoms with Crippen LogP contribution in [-0.2, 0) is 0 Å². The molecule has 0 fully saturated rings. The summed E-state index contributed by atoms with van der Waals surface area (Å²) in [5, 5.41) is 10.2. The van der Waals surface area contributed by atoms with Gasteiger partial charge in [0.05, 0.1) is 6.26 Å². The Balaban J connectivity index is 1.17. The predicted molar refractivity (Wildman–Crippen MR) is 202 cm³/mol. The molecule has 0 saturated heterocycles. The fourth-order valence-electron chi connectivity index (χ4n) is 7.97. The summed E-state index contributed by atoms with van der Waals surface area (Å²) in [5.41, 5.74) is 11.2. The van der Waals surface area contributed by atoms with Crippen molar-refractivity contribution in [1.82, 2.24) is 0 Å². The van der Waals surface area contributed by atoms with Crippen molar-refractivity contribution in [2.24, 2.45) is 0 Å². The molecule has 0 amide bonds. The van der Waals surface area contributed by atoms with E-state index in [2.05, 4.69) is 133 Å². The molecule has 0 unspecified atom stereocenters. The molecule has 3 heterocycles. The van der Waals surface area contributed by atoms with Gasteiger partial charge in [0.1, 0.15) is 27.9 Å². The van der Waals surface area contributed by atoms with Crippen LogP contribution in [0.5, 0.6) is 0 Å². The van der Waals surface area contributed by atoms with E-state index in [-0.39, 0.29) is 0 Å². The van der Waals surface area contributed by atoms with Gasteiger partial charge in [-0.3, -0.25) is 0 Å². The Hall–Kier alpha value is -6.58. The smallest absolute Gasteiger partial charge is 0.143 e. The number of benzene rings is 8. The van der Waals surface area contributed by atoms with Crippen LogP contribution in [0, 0.1) is 0 Å². The van der Waals surface area contributed by atoms with Crippen molar-refractivity contribution in [2.75, 3.05) is 0 Å². The summed E-state index contributed by atoms with van der Waals surface area (Å²) in [6.45, 7) is 0. The van der Waals surface area contributed by atoms with Crippen LogP contribution in [-0.4, -0.2) is 0 Å². The van der Waals surface area contributed by atoms with E-state index in [0.717, 1.165) is 77.1 Å². The molecule has 49 heavy (non-hydrogen) atoms.